The lowest BCUT2D eigenvalue weighted by Crippen LogP contribution is -2.50. The van der Waals surface area contributed by atoms with E-state index in [0.717, 1.165) is 12.1 Å². The molecule has 0 spiro atoms. The van der Waals surface area contributed by atoms with E-state index in [1.165, 1.54) is 12.1 Å². The van der Waals surface area contributed by atoms with Gasteiger partial charge in [0.25, 0.3) is 0 Å². The van der Waals surface area contributed by atoms with Gasteiger partial charge in [0.1, 0.15) is 11.9 Å². The highest BCUT2D eigenvalue weighted by Crippen LogP contribution is 2.25. The Morgan fingerprint density at radius 3 is 2.58 bits per heavy atom. The molecule has 2 amide bonds. The average molecular weight is 346 g/mol. The molecular weight excluding hydrogens is 332 g/mol. The molecule has 0 radical (unpaired) electrons. The number of Topliss-reactive ketones (excluding diaryl/α,β-unsaturated/α-hetero) is 1. The maximum absolute atomic E-state index is 13.0. The van der Waals surface area contributed by atoms with Crippen LogP contribution in [0.3, 0.4) is 0 Å². The fourth-order valence-corrected chi connectivity index (χ4v) is 2.49. The first kappa shape index (κ1) is 17.9. The number of alkyl halides is 3. The van der Waals surface area contributed by atoms with Crippen molar-refractivity contribution >= 4 is 17.6 Å². The molecule has 0 aromatic heterocycles. The smallest absolute Gasteiger partial charge is 0.347 e. The van der Waals surface area contributed by atoms with Crippen LogP contribution in [-0.4, -0.2) is 47.8 Å². The molecule has 5 nitrogen and oxygen atoms in total. The van der Waals surface area contributed by atoms with Gasteiger partial charge in [-0.1, -0.05) is 12.1 Å². The summed E-state index contributed by atoms with van der Waals surface area (Å²) in [4.78, 5) is 35.6. The van der Waals surface area contributed by atoms with Gasteiger partial charge in [-0.05, 0) is 25.0 Å². The van der Waals surface area contributed by atoms with E-state index in [0.29, 0.717) is 4.90 Å². The number of hydrogen-bond donors (Lipinski definition) is 1. The first-order valence-electron chi connectivity index (χ1n) is 7.14. The number of carbonyl (C=O) groups excluding carboxylic acids is 3. The van der Waals surface area contributed by atoms with E-state index in [-0.39, 0.29) is 24.9 Å². The second-order valence-electron chi connectivity index (χ2n) is 5.31. The van der Waals surface area contributed by atoms with Crippen molar-refractivity contribution in [1.29, 1.82) is 0 Å². The number of halogens is 4. The fourth-order valence-electron chi connectivity index (χ4n) is 2.49. The van der Waals surface area contributed by atoms with Gasteiger partial charge < -0.3 is 10.2 Å². The second kappa shape index (κ2) is 6.98. The largest absolute Gasteiger partial charge is 0.471 e. The molecule has 1 aromatic carbocycles. The monoisotopic (exact) mass is 346 g/mol. The van der Waals surface area contributed by atoms with E-state index >= 15 is 0 Å². The molecule has 1 fully saturated rings. The average Bonchev–Trinajstić information content (AvgIpc) is 3.00. The Morgan fingerprint density at radius 2 is 1.96 bits per heavy atom. The van der Waals surface area contributed by atoms with Crippen LogP contribution in [0, 0.1) is 5.82 Å². The number of nitrogens with one attached hydrogen (secondary N) is 1. The third kappa shape index (κ3) is 4.09. The normalized spacial score (nSPS) is 17.7. The molecule has 9 heteroatoms. The van der Waals surface area contributed by atoms with E-state index in [2.05, 4.69) is 5.32 Å². The quantitative estimate of drug-likeness (QED) is 0.666. The molecule has 0 bridgehead atoms. The Kier molecular flexibility index (Phi) is 5.20. The van der Waals surface area contributed by atoms with Crippen LogP contribution >= 0.6 is 0 Å². The highest BCUT2D eigenvalue weighted by molar-refractivity contribution is 6.00. The molecule has 130 valence electrons. The van der Waals surface area contributed by atoms with Crippen LogP contribution in [0.2, 0.25) is 0 Å². The molecule has 1 aliphatic heterocycles. The third-order valence-corrected chi connectivity index (χ3v) is 3.63. The van der Waals surface area contributed by atoms with Gasteiger partial charge in [0.05, 0.1) is 6.54 Å². The van der Waals surface area contributed by atoms with Gasteiger partial charge in [-0.25, -0.2) is 4.39 Å². The summed E-state index contributed by atoms with van der Waals surface area (Å²) in [5, 5.41) is 2.21. The zero-order chi connectivity index (χ0) is 17.9. The number of nitrogens with zero attached hydrogens (tertiary/aromatic N) is 1. The van der Waals surface area contributed by atoms with E-state index in [4.69, 9.17) is 0 Å². The Labute approximate surface area is 134 Å². The van der Waals surface area contributed by atoms with Crippen LogP contribution in [0.25, 0.3) is 0 Å². The number of benzene rings is 1. The first-order chi connectivity index (χ1) is 11.2. The van der Waals surface area contributed by atoms with Crippen LogP contribution in [0.15, 0.2) is 24.3 Å². The van der Waals surface area contributed by atoms with Crippen molar-refractivity contribution in [2.45, 2.75) is 25.1 Å². The summed E-state index contributed by atoms with van der Waals surface area (Å²) >= 11 is 0. The van der Waals surface area contributed by atoms with Crippen LogP contribution < -0.4 is 5.32 Å². The SMILES string of the molecule is O=C(CNC(=O)[C@H]1CCCN1C(=O)C(F)(F)F)c1cccc(F)c1. The summed E-state index contributed by atoms with van der Waals surface area (Å²) in [7, 11) is 0. The minimum absolute atomic E-state index is 0.0324. The number of amides is 2. The van der Waals surface area contributed by atoms with Gasteiger partial charge in [-0.2, -0.15) is 13.2 Å². The third-order valence-electron chi connectivity index (χ3n) is 3.63. The molecule has 0 aliphatic carbocycles. The lowest BCUT2D eigenvalue weighted by Gasteiger charge is -2.24. The summed E-state index contributed by atoms with van der Waals surface area (Å²) in [6.07, 6.45) is -4.71. The maximum atomic E-state index is 13.0. The number of ketones is 1. The maximum Gasteiger partial charge on any atom is 0.471 e. The number of rotatable bonds is 4. The molecule has 1 aromatic rings. The molecule has 1 atom stereocenters. The lowest BCUT2D eigenvalue weighted by atomic mass is 10.1. The van der Waals surface area contributed by atoms with E-state index in [1.807, 2.05) is 0 Å². The summed E-state index contributed by atoms with van der Waals surface area (Å²) in [5.74, 6) is -4.12. The molecule has 1 saturated heterocycles. The van der Waals surface area contributed by atoms with E-state index in [1.54, 1.807) is 0 Å². The van der Waals surface area contributed by atoms with Crippen LogP contribution in [0.1, 0.15) is 23.2 Å². The predicted octanol–water partition coefficient (Wildman–Crippen LogP) is 1.68. The van der Waals surface area contributed by atoms with Crippen molar-refractivity contribution < 1.29 is 31.9 Å². The Balaban J connectivity index is 1.96. The molecule has 2 rings (SSSR count). The van der Waals surface area contributed by atoms with Crippen molar-refractivity contribution in [3.63, 3.8) is 0 Å². The molecule has 1 heterocycles. The summed E-state index contributed by atoms with van der Waals surface area (Å²) in [6.45, 7) is -0.666. The van der Waals surface area contributed by atoms with Crippen molar-refractivity contribution in [3.8, 4) is 0 Å². The zero-order valence-corrected chi connectivity index (χ0v) is 12.4. The van der Waals surface area contributed by atoms with Gasteiger partial charge in [-0.15, -0.1) is 0 Å². The lowest BCUT2D eigenvalue weighted by molar-refractivity contribution is -0.186. The van der Waals surface area contributed by atoms with Crippen LogP contribution in [-0.2, 0) is 9.59 Å². The van der Waals surface area contributed by atoms with Crippen LogP contribution in [0.4, 0.5) is 17.6 Å². The minimum atomic E-state index is -5.06. The summed E-state index contributed by atoms with van der Waals surface area (Å²) in [5.41, 5.74) is 0.0324. The van der Waals surface area contributed by atoms with Crippen molar-refractivity contribution in [1.82, 2.24) is 10.2 Å². The Morgan fingerprint density at radius 1 is 1.25 bits per heavy atom. The molecule has 0 unspecified atom stereocenters. The zero-order valence-electron chi connectivity index (χ0n) is 12.4. The van der Waals surface area contributed by atoms with Gasteiger partial charge in [0.2, 0.25) is 5.91 Å². The van der Waals surface area contributed by atoms with Gasteiger partial charge in [0.15, 0.2) is 5.78 Å². The van der Waals surface area contributed by atoms with Gasteiger partial charge in [-0.3, -0.25) is 14.4 Å². The van der Waals surface area contributed by atoms with Crippen molar-refractivity contribution in [2.24, 2.45) is 0 Å². The summed E-state index contributed by atoms with van der Waals surface area (Å²) in [6, 6.07) is 3.55. The highest BCUT2D eigenvalue weighted by atomic mass is 19.4. The number of hydrogen-bond acceptors (Lipinski definition) is 3. The Bertz CT molecular complexity index is 660. The van der Waals surface area contributed by atoms with Gasteiger partial charge >= 0.3 is 12.1 Å². The highest BCUT2D eigenvalue weighted by Gasteiger charge is 2.47. The number of likely N-dealkylation sites (tertiary alicyclic amines) is 1. The molecule has 24 heavy (non-hydrogen) atoms. The minimum Gasteiger partial charge on any atom is -0.347 e. The van der Waals surface area contributed by atoms with Gasteiger partial charge in [0, 0.05) is 12.1 Å². The van der Waals surface area contributed by atoms with Crippen molar-refractivity contribution in [2.75, 3.05) is 13.1 Å². The fraction of sp³-hybridized carbons (Fsp3) is 0.400. The van der Waals surface area contributed by atoms with E-state index < -0.39 is 42.2 Å². The standard InChI is InChI=1S/C15H14F4N2O3/c16-10-4-1-3-9(7-10)12(22)8-20-13(23)11-5-2-6-21(11)14(24)15(17,18)19/h1,3-4,7,11H,2,5-6,8H2,(H,20,23)/t11-/m1/s1. The molecule has 1 aliphatic rings. The summed E-state index contributed by atoms with van der Waals surface area (Å²) < 4.78 is 50.5. The molecule has 1 N–H and O–H groups in total. The first-order valence-corrected chi connectivity index (χ1v) is 7.14. The topological polar surface area (TPSA) is 66.5 Å². The van der Waals surface area contributed by atoms with Crippen molar-refractivity contribution in [3.05, 3.63) is 35.6 Å². The molecular formula is C15H14F4N2O3. The second-order valence-corrected chi connectivity index (χ2v) is 5.31. The molecule has 0 saturated carbocycles. The van der Waals surface area contributed by atoms with E-state index in [9.17, 15) is 31.9 Å². The number of carbonyl (C=O) groups is 3. The Hall–Kier alpha value is -2.45. The van der Waals surface area contributed by atoms with Crippen LogP contribution in [0.5, 0.6) is 0 Å². The predicted molar refractivity (Wildman–Crippen MR) is 74.5 cm³/mol.